The molecule has 0 radical (unpaired) electrons. The van der Waals surface area contributed by atoms with Crippen LogP contribution >= 0.6 is 0 Å². The Hall–Kier alpha value is -3.62. The molecule has 0 atom stereocenters. The molecule has 156 valence electrons. The van der Waals surface area contributed by atoms with Crippen LogP contribution in [0.5, 0.6) is 0 Å². The van der Waals surface area contributed by atoms with Crippen LogP contribution < -0.4 is 0 Å². The van der Waals surface area contributed by atoms with E-state index in [-0.39, 0.29) is 13.7 Å². The van der Waals surface area contributed by atoms with Crippen LogP contribution in [-0.4, -0.2) is 38.5 Å². The molecule has 9 heteroatoms. The van der Waals surface area contributed by atoms with Gasteiger partial charge in [0.25, 0.3) is 5.91 Å². The van der Waals surface area contributed by atoms with Gasteiger partial charge in [0.05, 0.1) is 6.42 Å². The Kier molecular flexibility index (Phi) is 5.26. The number of carbonyl (C=O) groups is 1. The molecule has 0 fully saturated rings. The number of carbonyl (C=O) groups excluding carboxylic acids is 1. The molecule has 0 aliphatic rings. The molecule has 0 aliphatic heterocycles. The van der Waals surface area contributed by atoms with Crippen LogP contribution in [0, 0.1) is 0 Å². The summed E-state index contributed by atoms with van der Waals surface area (Å²) in [5, 5.41) is 0.712. The van der Waals surface area contributed by atoms with E-state index in [1.54, 1.807) is 48.7 Å². The molecular weight excluding hydrogens is 397 g/mol. The van der Waals surface area contributed by atoms with Crippen LogP contribution in [0.15, 0.2) is 65.5 Å². The quantitative estimate of drug-likeness (QED) is 0.477. The van der Waals surface area contributed by atoms with Gasteiger partial charge in [-0.3, -0.25) is 4.79 Å². The normalized spacial score (nSPS) is 11.7. The summed E-state index contributed by atoms with van der Waals surface area (Å²) in [6.07, 6.45) is -2.40. The maximum atomic E-state index is 13.0. The van der Waals surface area contributed by atoms with E-state index in [4.69, 9.17) is 4.42 Å². The first-order valence-corrected chi connectivity index (χ1v) is 9.19. The van der Waals surface area contributed by atoms with E-state index in [9.17, 15) is 18.0 Å². The Morgan fingerprint density at radius 2 is 1.90 bits per heavy atom. The highest BCUT2D eigenvalue weighted by atomic mass is 19.4. The van der Waals surface area contributed by atoms with Crippen molar-refractivity contribution >= 4 is 16.9 Å². The lowest BCUT2D eigenvalue weighted by Gasteiger charge is -2.22. The summed E-state index contributed by atoms with van der Waals surface area (Å²) in [7, 11) is 0. The van der Waals surface area contributed by atoms with Gasteiger partial charge in [-0.15, -0.1) is 0 Å². The summed E-state index contributed by atoms with van der Waals surface area (Å²) in [5.74, 6) is -0.333. The number of H-pyrrole nitrogens is 1. The lowest BCUT2D eigenvalue weighted by Crippen LogP contribution is -2.33. The van der Waals surface area contributed by atoms with Gasteiger partial charge in [0, 0.05) is 26.1 Å². The Balaban J connectivity index is 0.00000272. The summed E-state index contributed by atoms with van der Waals surface area (Å²) in [5.41, 5.74) is 1.83. The molecule has 3 heterocycles. The monoisotopic (exact) mass is 416 g/mol. The van der Waals surface area contributed by atoms with Gasteiger partial charge in [-0.2, -0.15) is 13.2 Å². The Labute approximate surface area is 170 Å². The van der Waals surface area contributed by atoms with Crippen LogP contribution in [0.2, 0.25) is 0 Å². The van der Waals surface area contributed by atoms with Crippen LogP contribution in [-0.2, 0) is 6.54 Å². The highest BCUT2D eigenvalue weighted by molar-refractivity contribution is 5.93. The zero-order valence-corrected chi connectivity index (χ0v) is 15.7. The van der Waals surface area contributed by atoms with E-state index in [2.05, 4.69) is 15.0 Å². The zero-order valence-electron chi connectivity index (χ0n) is 15.7. The molecule has 30 heavy (non-hydrogen) atoms. The minimum Gasteiger partial charge on any atom is -0.449 e. The van der Waals surface area contributed by atoms with Crippen LogP contribution in [0.25, 0.3) is 22.5 Å². The summed E-state index contributed by atoms with van der Waals surface area (Å²) in [6.45, 7) is -0.426. The van der Waals surface area contributed by atoms with E-state index in [1.165, 1.54) is 12.4 Å². The number of hydrogen-bond donors (Lipinski definition) is 1. The molecule has 0 unspecified atom stereocenters. The third kappa shape index (κ3) is 4.35. The standard InChI is InChI=1S/C21H17F3N4O2.H2/c22-21(23,24)9-11-28(12-14-4-2-1-3-5-14)20(29)17-7-6-16(30-17)18-15-8-10-25-19(15)27-13-26-18;/h1-8,10,13H,9,11-12H2,(H,25,26,27);1H. The number of benzene rings is 1. The second kappa shape index (κ2) is 8.02. The van der Waals surface area contributed by atoms with Gasteiger partial charge in [0.15, 0.2) is 11.5 Å². The number of furan rings is 1. The van der Waals surface area contributed by atoms with Crippen molar-refractivity contribution in [1.29, 1.82) is 0 Å². The van der Waals surface area contributed by atoms with Crippen molar-refractivity contribution in [3.05, 3.63) is 72.4 Å². The van der Waals surface area contributed by atoms with Gasteiger partial charge < -0.3 is 14.3 Å². The third-order valence-electron chi connectivity index (χ3n) is 4.57. The predicted molar refractivity (Wildman–Crippen MR) is 106 cm³/mol. The van der Waals surface area contributed by atoms with E-state index in [0.717, 1.165) is 10.5 Å². The summed E-state index contributed by atoms with van der Waals surface area (Å²) in [4.78, 5) is 25.4. The van der Waals surface area contributed by atoms with Gasteiger partial charge in [-0.05, 0) is 23.8 Å². The van der Waals surface area contributed by atoms with Crippen LogP contribution in [0.1, 0.15) is 24.0 Å². The molecule has 0 saturated heterocycles. The SMILES string of the molecule is O=C(c1ccc(-c2ncnc3[nH]ccc23)o1)N(CCC(F)(F)F)Cc1ccccc1.[HH]. The summed E-state index contributed by atoms with van der Waals surface area (Å²) < 4.78 is 44.0. The number of aromatic nitrogens is 3. The summed E-state index contributed by atoms with van der Waals surface area (Å²) in [6, 6.07) is 13.6. The molecule has 1 aromatic carbocycles. The average Bonchev–Trinajstić information content (AvgIpc) is 3.40. The number of aromatic amines is 1. The molecular formula is C21H19F3N4O2. The largest absolute Gasteiger partial charge is 0.449 e. The third-order valence-corrected chi connectivity index (χ3v) is 4.57. The number of nitrogens with zero attached hydrogens (tertiary/aromatic N) is 3. The molecule has 0 bridgehead atoms. The smallest absolute Gasteiger partial charge is 0.390 e. The topological polar surface area (TPSA) is 75.0 Å². The average molecular weight is 416 g/mol. The van der Waals surface area contributed by atoms with Gasteiger partial charge >= 0.3 is 6.18 Å². The number of nitrogens with one attached hydrogen (secondary N) is 1. The fourth-order valence-electron chi connectivity index (χ4n) is 3.12. The molecule has 0 saturated carbocycles. The fraction of sp³-hybridized carbons (Fsp3) is 0.190. The minimum absolute atomic E-state index is 0. The molecule has 1 N–H and O–H groups in total. The number of amides is 1. The second-order valence-corrected chi connectivity index (χ2v) is 6.70. The molecule has 0 aliphatic carbocycles. The van der Waals surface area contributed by atoms with E-state index >= 15 is 0 Å². The van der Waals surface area contributed by atoms with E-state index in [1.807, 2.05) is 0 Å². The Morgan fingerprint density at radius 1 is 1.10 bits per heavy atom. The predicted octanol–water partition coefficient (Wildman–Crippen LogP) is 5.06. The van der Waals surface area contributed by atoms with E-state index < -0.39 is 25.0 Å². The number of hydrogen-bond acceptors (Lipinski definition) is 4. The van der Waals surface area contributed by atoms with Crippen molar-refractivity contribution in [3.63, 3.8) is 0 Å². The van der Waals surface area contributed by atoms with Crippen molar-refractivity contribution in [1.82, 2.24) is 19.9 Å². The number of halogens is 3. The highest BCUT2D eigenvalue weighted by Gasteiger charge is 2.30. The number of rotatable bonds is 6. The summed E-state index contributed by atoms with van der Waals surface area (Å²) >= 11 is 0. The second-order valence-electron chi connectivity index (χ2n) is 6.70. The number of fused-ring (bicyclic) bond motifs is 1. The van der Waals surface area contributed by atoms with E-state index in [0.29, 0.717) is 22.5 Å². The first-order valence-electron chi connectivity index (χ1n) is 9.19. The lowest BCUT2D eigenvalue weighted by molar-refractivity contribution is -0.136. The van der Waals surface area contributed by atoms with Gasteiger partial charge in [-0.1, -0.05) is 30.3 Å². The molecule has 6 nitrogen and oxygen atoms in total. The van der Waals surface area contributed by atoms with Crippen LogP contribution in [0.4, 0.5) is 13.2 Å². The van der Waals surface area contributed by atoms with Gasteiger partial charge in [0.2, 0.25) is 0 Å². The lowest BCUT2D eigenvalue weighted by atomic mass is 10.2. The maximum absolute atomic E-state index is 13.0. The Bertz CT molecular complexity index is 1160. The van der Waals surface area contributed by atoms with Crippen LogP contribution in [0.3, 0.4) is 0 Å². The first kappa shape index (κ1) is 19.7. The molecule has 1 amide bonds. The van der Waals surface area contributed by atoms with Gasteiger partial charge in [0.1, 0.15) is 17.7 Å². The van der Waals surface area contributed by atoms with Crippen molar-refractivity contribution < 1.29 is 23.8 Å². The van der Waals surface area contributed by atoms with Gasteiger partial charge in [-0.25, -0.2) is 9.97 Å². The number of alkyl halides is 3. The van der Waals surface area contributed by atoms with Crippen molar-refractivity contribution in [2.45, 2.75) is 19.1 Å². The minimum atomic E-state index is -4.37. The zero-order chi connectivity index (χ0) is 21.1. The fourth-order valence-corrected chi connectivity index (χ4v) is 3.12. The first-order chi connectivity index (χ1) is 14.4. The highest BCUT2D eigenvalue weighted by Crippen LogP contribution is 2.28. The van der Waals surface area contributed by atoms with Crippen molar-refractivity contribution in [2.24, 2.45) is 0 Å². The Morgan fingerprint density at radius 3 is 2.67 bits per heavy atom. The van der Waals surface area contributed by atoms with Crippen molar-refractivity contribution in [3.8, 4) is 11.5 Å². The molecule has 4 aromatic rings. The molecule has 4 rings (SSSR count). The maximum Gasteiger partial charge on any atom is 0.390 e. The van der Waals surface area contributed by atoms with Crippen molar-refractivity contribution in [2.75, 3.05) is 6.54 Å². The molecule has 3 aromatic heterocycles. The molecule has 0 spiro atoms.